The van der Waals surface area contributed by atoms with Gasteiger partial charge in [0.25, 0.3) is 5.91 Å². The molecule has 1 rings (SSSR count). The van der Waals surface area contributed by atoms with Crippen molar-refractivity contribution < 1.29 is 65.7 Å². The first kappa shape index (κ1) is 23.8. The van der Waals surface area contributed by atoms with Gasteiger partial charge in [0.2, 0.25) is 5.91 Å². The van der Waals surface area contributed by atoms with Crippen LogP contribution in [-0.2, 0) is 0 Å². The van der Waals surface area contributed by atoms with Crippen molar-refractivity contribution in [1.29, 1.82) is 0 Å². The third kappa shape index (κ3) is 6.60. The van der Waals surface area contributed by atoms with Gasteiger partial charge in [0.15, 0.2) is 0 Å². The first-order valence-electron chi connectivity index (χ1n) is 7.28. The molecule has 0 aliphatic heterocycles. The molecule has 0 atom stereocenters. The summed E-state index contributed by atoms with van der Waals surface area (Å²) < 4.78 is 5.11. The first-order chi connectivity index (χ1) is 11.0. The summed E-state index contributed by atoms with van der Waals surface area (Å²) in [6.07, 6.45) is 0. The summed E-state index contributed by atoms with van der Waals surface area (Å²) in [5.74, 6) is -1.07. The monoisotopic (exact) mass is 381 g/mol. The molecule has 0 saturated heterocycles. The summed E-state index contributed by atoms with van der Waals surface area (Å²) in [5.41, 5.74) is 1.41. The van der Waals surface area contributed by atoms with Gasteiger partial charge < -0.3 is 25.6 Å². The van der Waals surface area contributed by atoms with Crippen molar-refractivity contribution in [2.75, 3.05) is 33.3 Å². The summed E-state index contributed by atoms with van der Waals surface area (Å²) in [6.45, 7) is 7.11. The predicted molar refractivity (Wildman–Crippen MR) is 89.0 cm³/mol. The van der Waals surface area contributed by atoms with Crippen molar-refractivity contribution in [2.24, 2.45) is 0 Å². The molecule has 0 aliphatic rings. The van der Waals surface area contributed by atoms with Crippen LogP contribution in [0.4, 0.5) is 0 Å². The standard InChI is InChI=1S/C15H21ClN3O4.K/c1-4-19(5-2)7-6-17-14(20)11-8-12(16)10(15(21)18-22)9-13(11)23-3;/h8-9H,4-7H2,1-3H3,(H2-,17,18,20,21,22);/q-1;+1. The Kier molecular flexibility index (Phi) is 12.1. The van der Waals surface area contributed by atoms with E-state index in [1.807, 2.05) is 13.8 Å². The molecule has 0 saturated carbocycles. The van der Waals surface area contributed by atoms with E-state index in [0.717, 1.165) is 19.6 Å². The van der Waals surface area contributed by atoms with E-state index >= 15 is 0 Å². The van der Waals surface area contributed by atoms with E-state index in [1.54, 1.807) is 0 Å². The number of halogens is 1. The van der Waals surface area contributed by atoms with Crippen LogP contribution in [0.25, 0.3) is 0 Å². The Balaban J connectivity index is 0.00000529. The second kappa shape index (κ2) is 12.2. The Hall–Kier alpha value is -0.194. The summed E-state index contributed by atoms with van der Waals surface area (Å²) in [7, 11) is 1.37. The van der Waals surface area contributed by atoms with Crippen molar-refractivity contribution in [3.05, 3.63) is 33.5 Å². The number of benzene rings is 1. The molecule has 1 aromatic rings. The topological polar surface area (TPSA) is 93.7 Å². The average molecular weight is 382 g/mol. The fourth-order valence-electron chi connectivity index (χ4n) is 2.09. The van der Waals surface area contributed by atoms with Crippen LogP contribution in [0.2, 0.25) is 5.02 Å². The minimum Gasteiger partial charge on any atom is -0.759 e. The normalized spacial score (nSPS) is 10.1. The number of hydrogen-bond donors (Lipinski definition) is 2. The zero-order valence-corrected chi connectivity index (χ0v) is 18.3. The first-order valence-corrected chi connectivity index (χ1v) is 7.66. The van der Waals surface area contributed by atoms with Crippen LogP contribution in [0, 0.1) is 5.21 Å². The van der Waals surface area contributed by atoms with Crippen molar-refractivity contribution in [3.63, 3.8) is 0 Å². The van der Waals surface area contributed by atoms with Crippen molar-refractivity contribution >= 4 is 23.4 Å². The summed E-state index contributed by atoms with van der Waals surface area (Å²) in [5, 5.41) is 13.3. The molecule has 0 bridgehead atoms. The van der Waals surface area contributed by atoms with Crippen LogP contribution in [0.15, 0.2) is 12.1 Å². The van der Waals surface area contributed by atoms with E-state index in [2.05, 4.69) is 10.2 Å². The number of ether oxygens (including phenoxy) is 1. The molecule has 128 valence electrons. The van der Waals surface area contributed by atoms with Crippen LogP contribution in [0.3, 0.4) is 0 Å². The summed E-state index contributed by atoms with van der Waals surface area (Å²) >= 11 is 5.96. The molecule has 0 aromatic heterocycles. The van der Waals surface area contributed by atoms with Crippen LogP contribution in [0.1, 0.15) is 34.6 Å². The molecule has 0 heterocycles. The molecule has 0 radical (unpaired) electrons. The molecular weight excluding hydrogens is 361 g/mol. The summed E-state index contributed by atoms with van der Waals surface area (Å²) in [4.78, 5) is 25.9. The molecule has 1 aromatic carbocycles. The smallest absolute Gasteiger partial charge is 0.759 e. The van der Waals surface area contributed by atoms with Gasteiger partial charge in [0.05, 0.1) is 23.3 Å². The average Bonchev–Trinajstić information content (AvgIpc) is 2.57. The molecular formula is C15H21ClKN3O4. The van der Waals surface area contributed by atoms with E-state index in [4.69, 9.17) is 16.3 Å². The number of carbonyl (C=O) groups is 2. The maximum atomic E-state index is 12.3. The Bertz CT molecular complexity index is 568. The molecule has 0 unspecified atom stereocenters. The van der Waals surface area contributed by atoms with Gasteiger partial charge in [-0.05, 0) is 25.2 Å². The molecule has 7 nitrogen and oxygen atoms in total. The molecule has 0 spiro atoms. The van der Waals surface area contributed by atoms with Gasteiger partial charge in [-0.25, -0.2) is 0 Å². The Morgan fingerprint density at radius 3 is 2.33 bits per heavy atom. The zero-order valence-electron chi connectivity index (χ0n) is 14.4. The van der Waals surface area contributed by atoms with Gasteiger partial charge in [0, 0.05) is 13.1 Å². The molecule has 0 aliphatic carbocycles. The van der Waals surface area contributed by atoms with Gasteiger partial charge in [-0.1, -0.05) is 25.4 Å². The number of nitrogens with zero attached hydrogens (tertiary/aromatic N) is 1. The Morgan fingerprint density at radius 2 is 1.83 bits per heavy atom. The van der Waals surface area contributed by atoms with E-state index in [1.165, 1.54) is 24.7 Å². The van der Waals surface area contributed by atoms with Crippen LogP contribution < -0.4 is 66.9 Å². The minimum absolute atomic E-state index is 0. The molecule has 24 heavy (non-hydrogen) atoms. The largest absolute Gasteiger partial charge is 1.00 e. The third-order valence-electron chi connectivity index (χ3n) is 3.48. The van der Waals surface area contributed by atoms with Gasteiger partial charge in [-0.2, -0.15) is 0 Å². The third-order valence-corrected chi connectivity index (χ3v) is 3.79. The van der Waals surface area contributed by atoms with E-state index in [9.17, 15) is 14.8 Å². The van der Waals surface area contributed by atoms with Crippen molar-refractivity contribution in [2.45, 2.75) is 13.8 Å². The maximum absolute atomic E-state index is 12.3. The zero-order chi connectivity index (χ0) is 17.4. The fourth-order valence-corrected chi connectivity index (χ4v) is 2.34. The van der Waals surface area contributed by atoms with Gasteiger partial charge >= 0.3 is 51.4 Å². The number of nitrogens with one attached hydrogen (secondary N) is 2. The molecule has 2 N–H and O–H groups in total. The van der Waals surface area contributed by atoms with Crippen LogP contribution in [0.5, 0.6) is 5.75 Å². The van der Waals surface area contributed by atoms with Crippen molar-refractivity contribution in [3.8, 4) is 5.75 Å². The number of rotatable bonds is 8. The van der Waals surface area contributed by atoms with Gasteiger partial charge in [0.1, 0.15) is 5.75 Å². The quantitative estimate of drug-likeness (QED) is 0.429. The van der Waals surface area contributed by atoms with Crippen LogP contribution >= 0.6 is 11.6 Å². The van der Waals surface area contributed by atoms with E-state index in [0.29, 0.717) is 6.54 Å². The van der Waals surface area contributed by atoms with E-state index in [-0.39, 0.29) is 79.2 Å². The number of likely N-dealkylation sites (N-methyl/N-ethyl adjacent to an activating group) is 1. The second-order valence-corrected chi connectivity index (χ2v) is 5.15. The Labute approximate surface area is 189 Å². The fraction of sp³-hybridized carbons (Fsp3) is 0.467. The number of hydroxylamine groups is 1. The number of hydrogen-bond acceptors (Lipinski definition) is 5. The summed E-state index contributed by atoms with van der Waals surface area (Å²) in [6, 6.07) is 2.59. The van der Waals surface area contributed by atoms with E-state index < -0.39 is 5.91 Å². The predicted octanol–water partition coefficient (Wildman–Crippen LogP) is -1.35. The number of methoxy groups -OCH3 is 1. The molecule has 2 amide bonds. The minimum atomic E-state index is -0.887. The number of carbonyl (C=O) groups excluding carboxylic acids is 2. The molecule has 0 fully saturated rings. The van der Waals surface area contributed by atoms with Crippen molar-refractivity contribution in [1.82, 2.24) is 15.7 Å². The van der Waals surface area contributed by atoms with Gasteiger partial charge in [-0.15, -0.1) is 0 Å². The maximum Gasteiger partial charge on any atom is 1.00 e. The second-order valence-electron chi connectivity index (χ2n) is 4.75. The molecule has 9 heteroatoms. The SMILES string of the molecule is CCN(CC)CCNC(=O)c1cc(Cl)c(C(=O)N[O-])cc1OC.[K+]. The number of amides is 2. The Morgan fingerprint density at radius 1 is 1.21 bits per heavy atom. The van der Waals surface area contributed by atoms with Crippen LogP contribution in [-0.4, -0.2) is 50.0 Å². The van der Waals surface area contributed by atoms with Gasteiger partial charge in [-0.3, -0.25) is 9.59 Å².